The highest BCUT2D eigenvalue weighted by Gasteiger charge is 2.13. The van der Waals surface area contributed by atoms with E-state index in [1.54, 1.807) is 23.3 Å². The molecule has 1 saturated heterocycles. The Morgan fingerprint density at radius 3 is 2.92 bits per heavy atom. The highest BCUT2D eigenvalue weighted by molar-refractivity contribution is 5.70. The number of morpholine rings is 1. The van der Waals surface area contributed by atoms with Crippen molar-refractivity contribution in [3.63, 3.8) is 0 Å². The molecule has 1 aliphatic heterocycles. The maximum atomic E-state index is 12.2. The monoisotopic (exact) mass is 329 g/mol. The van der Waals surface area contributed by atoms with Gasteiger partial charge in [-0.05, 0) is 12.5 Å². The molecule has 0 radical (unpaired) electrons. The largest absolute Gasteiger partial charge is 0.472 e. The number of H-pyrrole nitrogens is 1. The summed E-state index contributed by atoms with van der Waals surface area (Å²) in [5.74, 6) is 0. The highest BCUT2D eigenvalue weighted by Crippen LogP contribution is 2.18. The molecule has 1 N–H and O–H groups in total. The quantitative estimate of drug-likeness (QED) is 0.754. The topological polar surface area (TPSA) is 89.2 Å². The Kier molecular flexibility index (Phi) is 4.14. The predicted molar refractivity (Wildman–Crippen MR) is 87.7 cm³/mol. The lowest BCUT2D eigenvalue weighted by Crippen LogP contribution is -2.37. The first-order chi connectivity index (χ1) is 11.8. The van der Waals surface area contributed by atoms with E-state index in [0.29, 0.717) is 23.5 Å². The molecular weight excluding hydrogens is 310 g/mol. The lowest BCUT2D eigenvalue weighted by Gasteiger charge is -2.26. The Morgan fingerprint density at radius 1 is 1.25 bits per heavy atom. The van der Waals surface area contributed by atoms with Crippen LogP contribution in [-0.4, -0.2) is 57.3 Å². The number of fused-ring (bicyclic) bond motifs is 1. The van der Waals surface area contributed by atoms with Gasteiger partial charge in [-0.1, -0.05) is 0 Å². The second kappa shape index (κ2) is 6.58. The van der Waals surface area contributed by atoms with Crippen molar-refractivity contribution >= 4 is 11.3 Å². The minimum Gasteiger partial charge on any atom is -0.472 e. The average Bonchev–Trinajstić information content (AvgIpc) is 3.24. The second-order valence-electron chi connectivity index (χ2n) is 5.83. The van der Waals surface area contributed by atoms with E-state index >= 15 is 0 Å². The fourth-order valence-corrected chi connectivity index (χ4v) is 2.95. The predicted octanol–water partition coefficient (Wildman–Crippen LogP) is 1.10. The number of aromatic nitrogens is 4. The summed E-state index contributed by atoms with van der Waals surface area (Å²) in [5, 5.41) is 0. The van der Waals surface area contributed by atoms with E-state index in [9.17, 15) is 4.79 Å². The van der Waals surface area contributed by atoms with Gasteiger partial charge in [-0.3, -0.25) is 14.5 Å². The Balaban J connectivity index is 1.54. The van der Waals surface area contributed by atoms with Gasteiger partial charge in [-0.15, -0.1) is 0 Å². The lowest BCUT2D eigenvalue weighted by molar-refractivity contribution is 0.0369. The van der Waals surface area contributed by atoms with Gasteiger partial charge in [0.25, 0.3) is 0 Å². The van der Waals surface area contributed by atoms with Gasteiger partial charge in [0.1, 0.15) is 0 Å². The zero-order chi connectivity index (χ0) is 16.4. The molecule has 0 aliphatic carbocycles. The fraction of sp³-hybridized carbons (Fsp3) is 0.438. The maximum Gasteiger partial charge on any atom is 0.328 e. The molecule has 3 aromatic rings. The molecule has 4 heterocycles. The van der Waals surface area contributed by atoms with Gasteiger partial charge in [0.05, 0.1) is 37.6 Å². The third-order valence-corrected chi connectivity index (χ3v) is 4.26. The van der Waals surface area contributed by atoms with Crippen LogP contribution in [0, 0.1) is 0 Å². The molecule has 24 heavy (non-hydrogen) atoms. The van der Waals surface area contributed by atoms with Crippen LogP contribution in [0.3, 0.4) is 0 Å². The summed E-state index contributed by atoms with van der Waals surface area (Å²) in [7, 11) is 0. The minimum atomic E-state index is -0.170. The fourth-order valence-electron chi connectivity index (χ4n) is 2.95. The van der Waals surface area contributed by atoms with E-state index in [1.165, 1.54) is 0 Å². The van der Waals surface area contributed by atoms with Crippen molar-refractivity contribution in [2.45, 2.75) is 13.0 Å². The smallest absolute Gasteiger partial charge is 0.328 e. The number of aryl methyl sites for hydroxylation is 1. The first kappa shape index (κ1) is 15.1. The zero-order valence-corrected chi connectivity index (χ0v) is 13.3. The Bertz CT molecular complexity index is 862. The third-order valence-electron chi connectivity index (χ3n) is 4.26. The number of rotatable bonds is 5. The van der Waals surface area contributed by atoms with Crippen LogP contribution >= 0.6 is 0 Å². The average molecular weight is 329 g/mol. The van der Waals surface area contributed by atoms with Crippen molar-refractivity contribution in [1.29, 1.82) is 0 Å². The molecule has 0 unspecified atom stereocenters. The minimum absolute atomic E-state index is 0.170. The molecule has 0 atom stereocenters. The van der Waals surface area contributed by atoms with Crippen LogP contribution in [0.15, 0.2) is 34.0 Å². The molecule has 3 aromatic heterocycles. The number of nitrogens with one attached hydrogen (secondary N) is 1. The van der Waals surface area contributed by atoms with E-state index < -0.39 is 0 Å². The Labute approximate surface area is 138 Å². The first-order valence-corrected chi connectivity index (χ1v) is 8.09. The number of hydrogen-bond donors (Lipinski definition) is 1. The summed E-state index contributed by atoms with van der Waals surface area (Å²) in [5.41, 5.74) is 2.46. The molecule has 126 valence electrons. The molecule has 0 saturated carbocycles. The molecule has 0 spiro atoms. The summed E-state index contributed by atoms with van der Waals surface area (Å²) in [6.45, 7) is 5.02. The number of furan rings is 1. The first-order valence-electron chi connectivity index (χ1n) is 8.09. The van der Waals surface area contributed by atoms with Gasteiger partial charge in [0.15, 0.2) is 11.3 Å². The second-order valence-corrected chi connectivity index (χ2v) is 5.83. The maximum absolute atomic E-state index is 12.2. The molecule has 8 nitrogen and oxygen atoms in total. The summed E-state index contributed by atoms with van der Waals surface area (Å²) < 4.78 is 12.1. The normalized spacial score (nSPS) is 16.0. The number of nitrogens with zero attached hydrogens (tertiary/aromatic N) is 4. The highest BCUT2D eigenvalue weighted by atomic mass is 16.5. The van der Waals surface area contributed by atoms with E-state index in [4.69, 9.17) is 9.15 Å². The number of imidazole rings is 1. The third kappa shape index (κ3) is 2.98. The van der Waals surface area contributed by atoms with Crippen LogP contribution in [-0.2, 0) is 11.3 Å². The van der Waals surface area contributed by atoms with Crippen molar-refractivity contribution in [3.05, 3.63) is 35.3 Å². The molecule has 4 rings (SSSR count). The van der Waals surface area contributed by atoms with Gasteiger partial charge in [0.2, 0.25) is 0 Å². The van der Waals surface area contributed by atoms with Gasteiger partial charge in [0, 0.05) is 31.7 Å². The van der Waals surface area contributed by atoms with Crippen molar-refractivity contribution < 1.29 is 9.15 Å². The molecule has 0 aromatic carbocycles. The molecule has 8 heteroatoms. The van der Waals surface area contributed by atoms with E-state index in [-0.39, 0.29) is 5.69 Å². The van der Waals surface area contributed by atoms with Gasteiger partial charge in [-0.2, -0.15) is 0 Å². The summed E-state index contributed by atoms with van der Waals surface area (Å²) in [6, 6.07) is 1.82. The van der Waals surface area contributed by atoms with E-state index in [0.717, 1.165) is 44.8 Å². The standard InChI is InChI=1S/C16H19N5O3/c22-16-19-14-15(18-13(10-17-14)12-2-7-24-11-12)21(16)4-1-3-20-5-8-23-9-6-20/h2,7,10-11H,1,3-6,8-9H2,(H,17,19,22). The number of hydrogen-bond acceptors (Lipinski definition) is 6. The van der Waals surface area contributed by atoms with Crippen LogP contribution in [0.4, 0.5) is 0 Å². The Morgan fingerprint density at radius 2 is 2.12 bits per heavy atom. The molecule has 1 fully saturated rings. The zero-order valence-electron chi connectivity index (χ0n) is 13.3. The van der Waals surface area contributed by atoms with Gasteiger partial charge < -0.3 is 9.15 Å². The van der Waals surface area contributed by atoms with Crippen LogP contribution in [0.2, 0.25) is 0 Å². The SMILES string of the molecule is O=c1[nH]c2ncc(-c3ccoc3)nc2n1CCCN1CCOCC1. The summed E-state index contributed by atoms with van der Waals surface area (Å²) in [6.07, 6.45) is 5.72. The van der Waals surface area contributed by atoms with Gasteiger partial charge >= 0.3 is 5.69 Å². The molecular formula is C16H19N5O3. The van der Waals surface area contributed by atoms with Crippen LogP contribution in [0.1, 0.15) is 6.42 Å². The van der Waals surface area contributed by atoms with Crippen molar-refractivity contribution in [1.82, 2.24) is 24.4 Å². The van der Waals surface area contributed by atoms with Crippen molar-refractivity contribution in [2.24, 2.45) is 0 Å². The molecule has 1 aliphatic rings. The van der Waals surface area contributed by atoms with Crippen LogP contribution in [0.5, 0.6) is 0 Å². The van der Waals surface area contributed by atoms with Crippen molar-refractivity contribution in [3.8, 4) is 11.3 Å². The van der Waals surface area contributed by atoms with Crippen molar-refractivity contribution in [2.75, 3.05) is 32.8 Å². The van der Waals surface area contributed by atoms with Gasteiger partial charge in [-0.25, -0.2) is 14.8 Å². The lowest BCUT2D eigenvalue weighted by atomic mass is 10.2. The Hall–Kier alpha value is -2.45. The number of ether oxygens (including phenoxy) is 1. The molecule has 0 amide bonds. The van der Waals surface area contributed by atoms with Crippen LogP contribution in [0.25, 0.3) is 22.6 Å². The number of aromatic amines is 1. The van der Waals surface area contributed by atoms with E-state index in [2.05, 4.69) is 19.9 Å². The van der Waals surface area contributed by atoms with E-state index in [1.807, 2.05) is 6.07 Å². The molecule has 0 bridgehead atoms. The summed E-state index contributed by atoms with van der Waals surface area (Å²) in [4.78, 5) is 26.2. The summed E-state index contributed by atoms with van der Waals surface area (Å²) >= 11 is 0. The van der Waals surface area contributed by atoms with Crippen LogP contribution < -0.4 is 5.69 Å².